The van der Waals surface area contributed by atoms with Gasteiger partial charge in [-0.25, -0.2) is 0 Å². The van der Waals surface area contributed by atoms with Gasteiger partial charge in [-0.2, -0.15) is 5.26 Å². The first-order valence-corrected chi connectivity index (χ1v) is 5.72. The first-order valence-electron chi connectivity index (χ1n) is 5.34. The highest BCUT2D eigenvalue weighted by Crippen LogP contribution is 2.28. The van der Waals surface area contributed by atoms with Gasteiger partial charge in [0.05, 0.1) is 22.4 Å². The largest absolute Gasteiger partial charge is 0.393 e. The molecule has 1 heterocycles. The highest BCUT2D eigenvalue weighted by atomic mass is 35.5. The SMILES string of the molecule is N#Cc1c(Cl)cccc1N1CCC(O)CC1. The van der Waals surface area contributed by atoms with Crippen LogP contribution >= 0.6 is 11.6 Å². The number of nitrogens with zero attached hydrogens (tertiary/aromatic N) is 2. The van der Waals surface area contributed by atoms with Crippen molar-refractivity contribution in [3.05, 3.63) is 28.8 Å². The van der Waals surface area contributed by atoms with Crippen molar-refractivity contribution in [2.45, 2.75) is 18.9 Å². The summed E-state index contributed by atoms with van der Waals surface area (Å²) in [5.74, 6) is 0. The molecule has 4 heteroatoms. The minimum atomic E-state index is -0.207. The van der Waals surface area contributed by atoms with Crippen LogP contribution in [0.2, 0.25) is 5.02 Å². The molecule has 1 saturated heterocycles. The Balaban J connectivity index is 2.27. The zero-order valence-electron chi connectivity index (χ0n) is 8.86. The topological polar surface area (TPSA) is 47.3 Å². The Labute approximate surface area is 99.9 Å². The van der Waals surface area contributed by atoms with Gasteiger partial charge in [-0.05, 0) is 25.0 Å². The Bertz CT molecular complexity index is 420. The van der Waals surface area contributed by atoms with Gasteiger partial charge in [0.2, 0.25) is 0 Å². The Morgan fingerprint density at radius 1 is 1.38 bits per heavy atom. The van der Waals surface area contributed by atoms with E-state index in [-0.39, 0.29) is 6.10 Å². The molecule has 1 N–H and O–H groups in total. The van der Waals surface area contributed by atoms with Crippen molar-refractivity contribution in [3.63, 3.8) is 0 Å². The number of halogens is 1. The van der Waals surface area contributed by atoms with Gasteiger partial charge in [0.15, 0.2) is 0 Å². The lowest BCUT2D eigenvalue weighted by atomic mass is 10.1. The average molecular weight is 237 g/mol. The van der Waals surface area contributed by atoms with Crippen molar-refractivity contribution in [3.8, 4) is 6.07 Å². The lowest BCUT2D eigenvalue weighted by molar-refractivity contribution is 0.145. The number of piperidine rings is 1. The molecule has 1 aromatic carbocycles. The second kappa shape index (κ2) is 4.73. The van der Waals surface area contributed by atoms with E-state index < -0.39 is 0 Å². The summed E-state index contributed by atoms with van der Waals surface area (Å²) >= 11 is 5.98. The molecule has 0 aromatic heterocycles. The van der Waals surface area contributed by atoms with Crippen molar-refractivity contribution in [2.24, 2.45) is 0 Å². The quantitative estimate of drug-likeness (QED) is 0.813. The molecular weight excluding hydrogens is 224 g/mol. The molecule has 84 valence electrons. The van der Waals surface area contributed by atoms with Crippen LogP contribution in [0, 0.1) is 11.3 Å². The van der Waals surface area contributed by atoms with E-state index in [1.165, 1.54) is 0 Å². The molecule has 0 spiro atoms. The number of anilines is 1. The van der Waals surface area contributed by atoms with Crippen molar-refractivity contribution < 1.29 is 5.11 Å². The molecule has 0 atom stereocenters. The van der Waals surface area contributed by atoms with E-state index in [1.807, 2.05) is 12.1 Å². The first-order chi connectivity index (χ1) is 7.72. The molecule has 0 radical (unpaired) electrons. The predicted octanol–water partition coefficient (Wildman–Crippen LogP) is 2.17. The third-order valence-electron chi connectivity index (χ3n) is 2.91. The van der Waals surface area contributed by atoms with Gasteiger partial charge in [-0.1, -0.05) is 17.7 Å². The number of aliphatic hydroxyl groups is 1. The molecular formula is C12H13ClN2O. The molecule has 1 aliphatic heterocycles. The Morgan fingerprint density at radius 2 is 2.06 bits per heavy atom. The van der Waals surface area contributed by atoms with Crippen molar-refractivity contribution >= 4 is 17.3 Å². The lowest BCUT2D eigenvalue weighted by Gasteiger charge is -2.32. The summed E-state index contributed by atoms with van der Waals surface area (Å²) in [4.78, 5) is 2.11. The number of benzene rings is 1. The summed E-state index contributed by atoms with van der Waals surface area (Å²) in [5.41, 5.74) is 1.41. The van der Waals surface area contributed by atoms with Gasteiger partial charge in [0.1, 0.15) is 6.07 Å². The fourth-order valence-electron chi connectivity index (χ4n) is 1.99. The highest BCUT2D eigenvalue weighted by molar-refractivity contribution is 6.32. The smallest absolute Gasteiger partial charge is 0.103 e. The molecule has 2 rings (SSSR count). The normalized spacial score (nSPS) is 17.2. The van der Waals surface area contributed by atoms with Crippen LogP contribution in [0.5, 0.6) is 0 Å². The number of hydrogen-bond acceptors (Lipinski definition) is 3. The summed E-state index contributed by atoms with van der Waals surface area (Å²) < 4.78 is 0. The van der Waals surface area contributed by atoms with Gasteiger partial charge in [-0.15, -0.1) is 0 Å². The fourth-order valence-corrected chi connectivity index (χ4v) is 2.21. The number of aliphatic hydroxyl groups excluding tert-OH is 1. The van der Waals surface area contributed by atoms with Crippen molar-refractivity contribution in [1.82, 2.24) is 0 Å². The van der Waals surface area contributed by atoms with E-state index in [0.29, 0.717) is 10.6 Å². The van der Waals surface area contributed by atoms with E-state index in [1.54, 1.807) is 6.07 Å². The predicted molar refractivity (Wildman–Crippen MR) is 63.6 cm³/mol. The van der Waals surface area contributed by atoms with Crippen LogP contribution in [-0.2, 0) is 0 Å². The number of rotatable bonds is 1. The molecule has 1 aliphatic rings. The van der Waals surface area contributed by atoms with Gasteiger partial charge in [0.25, 0.3) is 0 Å². The Hall–Kier alpha value is -1.24. The monoisotopic (exact) mass is 236 g/mol. The molecule has 0 saturated carbocycles. The Morgan fingerprint density at radius 3 is 2.69 bits per heavy atom. The standard InChI is InChI=1S/C12H13ClN2O/c13-11-2-1-3-12(10(11)8-14)15-6-4-9(16)5-7-15/h1-3,9,16H,4-7H2. The summed E-state index contributed by atoms with van der Waals surface area (Å²) in [6.07, 6.45) is 1.29. The maximum Gasteiger partial charge on any atom is 0.103 e. The molecule has 1 fully saturated rings. The zero-order valence-corrected chi connectivity index (χ0v) is 9.61. The summed E-state index contributed by atoms with van der Waals surface area (Å²) in [6.45, 7) is 1.55. The fraction of sp³-hybridized carbons (Fsp3) is 0.417. The van der Waals surface area contributed by atoms with E-state index >= 15 is 0 Å². The summed E-state index contributed by atoms with van der Waals surface area (Å²) in [7, 11) is 0. The number of hydrogen-bond donors (Lipinski definition) is 1. The summed E-state index contributed by atoms with van der Waals surface area (Å²) in [5, 5.41) is 19.0. The third kappa shape index (κ3) is 2.13. The van der Waals surface area contributed by atoms with Gasteiger partial charge in [-0.3, -0.25) is 0 Å². The molecule has 0 unspecified atom stereocenters. The minimum Gasteiger partial charge on any atom is -0.393 e. The molecule has 0 aliphatic carbocycles. The molecule has 3 nitrogen and oxygen atoms in total. The van der Waals surface area contributed by atoms with E-state index in [9.17, 15) is 5.11 Å². The maximum atomic E-state index is 9.44. The van der Waals surface area contributed by atoms with Gasteiger partial charge in [0, 0.05) is 13.1 Å². The van der Waals surface area contributed by atoms with Crippen LogP contribution in [0.25, 0.3) is 0 Å². The van der Waals surface area contributed by atoms with Crippen LogP contribution < -0.4 is 4.90 Å². The van der Waals surface area contributed by atoms with Crippen LogP contribution in [-0.4, -0.2) is 24.3 Å². The number of nitriles is 1. The molecule has 16 heavy (non-hydrogen) atoms. The second-order valence-electron chi connectivity index (χ2n) is 3.96. The maximum absolute atomic E-state index is 9.44. The molecule has 0 amide bonds. The third-order valence-corrected chi connectivity index (χ3v) is 3.22. The lowest BCUT2D eigenvalue weighted by Crippen LogP contribution is -2.36. The van der Waals surface area contributed by atoms with Crippen LogP contribution in [0.3, 0.4) is 0 Å². The van der Waals surface area contributed by atoms with E-state index in [2.05, 4.69) is 11.0 Å². The van der Waals surface area contributed by atoms with Crippen LogP contribution in [0.1, 0.15) is 18.4 Å². The highest BCUT2D eigenvalue weighted by Gasteiger charge is 2.20. The minimum absolute atomic E-state index is 0.207. The van der Waals surface area contributed by atoms with Crippen LogP contribution in [0.4, 0.5) is 5.69 Å². The van der Waals surface area contributed by atoms with E-state index in [0.717, 1.165) is 31.6 Å². The summed E-state index contributed by atoms with van der Waals surface area (Å²) in [6, 6.07) is 7.62. The van der Waals surface area contributed by atoms with Crippen molar-refractivity contribution in [2.75, 3.05) is 18.0 Å². The first kappa shape index (κ1) is 11.3. The zero-order chi connectivity index (χ0) is 11.5. The molecule has 0 bridgehead atoms. The Kier molecular flexibility index (Phi) is 3.33. The van der Waals surface area contributed by atoms with Gasteiger partial charge < -0.3 is 10.0 Å². The average Bonchev–Trinajstić information content (AvgIpc) is 2.30. The van der Waals surface area contributed by atoms with E-state index in [4.69, 9.17) is 16.9 Å². The van der Waals surface area contributed by atoms with Crippen molar-refractivity contribution in [1.29, 1.82) is 5.26 Å². The second-order valence-corrected chi connectivity index (χ2v) is 4.37. The van der Waals surface area contributed by atoms with Gasteiger partial charge >= 0.3 is 0 Å². The molecule has 1 aromatic rings. The van der Waals surface area contributed by atoms with Crippen LogP contribution in [0.15, 0.2) is 18.2 Å².